The summed E-state index contributed by atoms with van der Waals surface area (Å²) in [6.45, 7) is 4.09. The zero-order valence-electron chi connectivity index (χ0n) is 10.7. The molecule has 0 fully saturated rings. The van der Waals surface area contributed by atoms with Gasteiger partial charge in [-0.3, -0.25) is 4.79 Å². The van der Waals surface area contributed by atoms with Crippen molar-refractivity contribution in [1.82, 2.24) is 5.32 Å². The lowest BCUT2D eigenvalue weighted by Gasteiger charge is -2.18. The van der Waals surface area contributed by atoms with Gasteiger partial charge in [0.05, 0.1) is 0 Å². The van der Waals surface area contributed by atoms with Gasteiger partial charge in [0, 0.05) is 17.3 Å². The van der Waals surface area contributed by atoms with Crippen LogP contribution < -0.4 is 10.1 Å². The van der Waals surface area contributed by atoms with Crippen LogP contribution in [0.2, 0.25) is 0 Å². The number of nitrogens with one attached hydrogen (secondary N) is 1. The number of hydrogen-bond donors (Lipinski definition) is 1. The monoisotopic (exact) mass is 311 g/mol. The van der Waals surface area contributed by atoms with Crippen LogP contribution in [0, 0.1) is 0 Å². The molecular weight excluding hydrogens is 294 g/mol. The molecule has 3 nitrogen and oxygen atoms in total. The van der Waals surface area contributed by atoms with Gasteiger partial charge >= 0.3 is 0 Å². The summed E-state index contributed by atoms with van der Waals surface area (Å²) in [4.78, 5) is 12.5. The summed E-state index contributed by atoms with van der Waals surface area (Å²) in [5, 5.41) is 2.99. The van der Waals surface area contributed by atoms with E-state index in [-0.39, 0.29) is 18.1 Å². The predicted octanol–water partition coefficient (Wildman–Crippen LogP) is 2.67. The second kappa shape index (κ2) is 5.74. The summed E-state index contributed by atoms with van der Waals surface area (Å²) in [6.07, 6.45) is 1.19. The van der Waals surface area contributed by atoms with Crippen molar-refractivity contribution in [3.63, 3.8) is 0 Å². The van der Waals surface area contributed by atoms with E-state index >= 15 is 0 Å². The maximum absolute atomic E-state index is 12.1. The highest BCUT2D eigenvalue weighted by atomic mass is 79.9. The van der Waals surface area contributed by atoms with E-state index in [0.29, 0.717) is 11.2 Å². The molecule has 0 bridgehead atoms. The molecule has 1 heterocycles. The number of alkyl halides is 1. The number of halogens is 1. The van der Waals surface area contributed by atoms with E-state index in [1.54, 1.807) is 0 Å². The SMILES string of the molecule is CC(Br)CC(C)NC(=O)C1Cc2ccccc2O1. The predicted molar refractivity (Wildman–Crippen MR) is 75.2 cm³/mol. The van der Waals surface area contributed by atoms with Crippen molar-refractivity contribution in [2.75, 3.05) is 0 Å². The summed E-state index contributed by atoms with van der Waals surface area (Å²) in [5.74, 6) is 0.811. The van der Waals surface area contributed by atoms with E-state index in [0.717, 1.165) is 17.7 Å². The van der Waals surface area contributed by atoms with Gasteiger partial charge in [-0.25, -0.2) is 0 Å². The minimum absolute atomic E-state index is 0.0214. The van der Waals surface area contributed by atoms with Crippen molar-refractivity contribution in [1.29, 1.82) is 0 Å². The Balaban J connectivity index is 1.89. The Morgan fingerprint density at radius 2 is 2.22 bits per heavy atom. The molecule has 18 heavy (non-hydrogen) atoms. The van der Waals surface area contributed by atoms with Crippen LogP contribution in [0.25, 0.3) is 0 Å². The molecule has 98 valence electrons. The number of para-hydroxylation sites is 1. The van der Waals surface area contributed by atoms with E-state index in [1.807, 2.05) is 31.2 Å². The highest BCUT2D eigenvalue weighted by Gasteiger charge is 2.29. The molecule has 4 heteroatoms. The fraction of sp³-hybridized carbons (Fsp3) is 0.500. The van der Waals surface area contributed by atoms with Crippen molar-refractivity contribution in [3.05, 3.63) is 29.8 Å². The van der Waals surface area contributed by atoms with E-state index in [2.05, 4.69) is 28.2 Å². The van der Waals surface area contributed by atoms with Gasteiger partial charge in [0.25, 0.3) is 5.91 Å². The number of ether oxygens (including phenoxy) is 1. The Labute approximate surface area is 116 Å². The average molecular weight is 312 g/mol. The Morgan fingerprint density at radius 1 is 1.50 bits per heavy atom. The fourth-order valence-corrected chi connectivity index (χ4v) is 2.77. The summed E-state index contributed by atoms with van der Waals surface area (Å²) >= 11 is 3.49. The van der Waals surface area contributed by atoms with Crippen molar-refractivity contribution < 1.29 is 9.53 Å². The van der Waals surface area contributed by atoms with Crippen LogP contribution >= 0.6 is 15.9 Å². The second-order valence-electron chi connectivity index (χ2n) is 4.84. The smallest absolute Gasteiger partial charge is 0.261 e. The van der Waals surface area contributed by atoms with Crippen LogP contribution in [0.5, 0.6) is 5.75 Å². The lowest BCUT2D eigenvalue weighted by atomic mass is 10.1. The van der Waals surface area contributed by atoms with Gasteiger partial charge in [-0.15, -0.1) is 0 Å². The molecule has 1 aliphatic heterocycles. The van der Waals surface area contributed by atoms with Crippen molar-refractivity contribution in [3.8, 4) is 5.75 Å². The molecule has 0 saturated carbocycles. The second-order valence-corrected chi connectivity index (χ2v) is 6.41. The van der Waals surface area contributed by atoms with Crippen LogP contribution in [0.1, 0.15) is 25.8 Å². The van der Waals surface area contributed by atoms with E-state index in [1.165, 1.54) is 0 Å². The van der Waals surface area contributed by atoms with Crippen LogP contribution in [0.15, 0.2) is 24.3 Å². The number of carbonyl (C=O) groups is 1. The van der Waals surface area contributed by atoms with E-state index in [9.17, 15) is 4.79 Å². The Morgan fingerprint density at radius 3 is 2.89 bits per heavy atom. The maximum atomic E-state index is 12.1. The number of hydrogen-bond acceptors (Lipinski definition) is 2. The third-order valence-corrected chi connectivity index (χ3v) is 3.38. The van der Waals surface area contributed by atoms with Crippen LogP contribution in [-0.2, 0) is 11.2 Å². The van der Waals surface area contributed by atoms with Crippen LogP contribution in [-0.4, -0.2) is 22.9 Å². The van der Waals surface area contributed by atoms with Gasteiger partial charge in [0.15, 0.2) is 6.10 Å². The molecule has 1 amide bonds. The molecule has 0 saturated heterocycles. The number of fused-ring (bicyclic) bond motifs is 1. The molecule has 2 rings (SSSR count). The third kappa shape index (κ3) is 3.25. The highest BCUT2D eigenvalue weighted by Crippen LogP contribution is 2.28. The van der Waals surface area contributed by atoms with E-state index < -0.39 is 0 Å². The van der Waals surface area contributed by atoms with Gasteiger partial charge in [0.2, 0.25) is 0 Å². The molecule has 0 aliphatic carbocycles. The standard InChI is InChI=1S/C14H18BrNO2/c1-9(15)7-10(2)16-14(17)13-8-11-5-3-4-6-12(11)18-13/h3-6,9-10,13H,7-8H2,1-2H3,(H,16,17). The molecule has 3 atom stereocenters. The molecule has 3 unspecified atom stereocenters. The average Bonchev–Trinajstić information content (AvgIpc) is 2.71. The zero-order valence-corrected chi connectivity index (χ0v) is 12.2. The Bertz CT molecular complexity index is 409. The van der Waals surface area contributed by atoms with E-state index in [4.69, 9.17) is 4.74 Å². The number of benzene rings is 1. The lowest BCUT2D eigenvalue weighted by Crippen LogP contribution is -2.42. The first kappa shape index (κ1) is 13.4. The zero-order chi connectivity index (χ0) is 13.1. The fourth-order valence-electron chi connectivity index (χ4n) is 2.21. The first-order valence-corrected chi connectivity index (χ1v) is 7.17. The van der Waals surface area contributed by atoms with Gasteiger partial charge in [-0.2, -0.15) is 0 Å². The first-order chi connectivity index (χ1) is 8.56. The Kier molecular flexibility index (Phi) is 4.27. The molecule has 1 aliphatic rings. The van der Waals surface area contributed by atoms with Gasteiger partial charge in [-0.1, -0.05) is 41.1 Å². The third-order valence-electron chi connectivity index (χ3n) is 3.01. The van der Waals surface area contributed by atoms with Gasteiger partial charge < -0.3 is 10.1 Å². The number of rotatable bonds is 4. The van der Waals surface area contributed by atoms with Crippen molar-refractivity contribution in [2.24, 2.45) is 0 Å². The summed E-state index contributed by atoms with van der Waals surface area (Å²) in [6, 6.07) is 7.96. The molecule has 0 radical (unpaired) electrons. The lowest BCUT2D eigenvalue weighted by molar-refractivity contribution is -0.127. The maximum Gasteiger partial charge on any atom is 0.261 e. The van der Waals surface area contributed by atoms with Crippen LogP contribution in [0.3, 0.4) is 0 Å². The topological polar surface area (TPSA) is 38.3 Å². The summed E-state index contributed by atoms with van der Waals surface area (Å²) in [7, 11) is 0. The summed E-state index contributed by atoms with van der Waals surface area (Å²) < 4.78 is 5.65. The van der Waals surface area contributed by atoms with Gasteiger partial charge in [0.1, 0.15) is 5.75 Å². The first-order valence-electron chi connectivity index (χ1n) is 6.25. The highest BCUT2D eigenvalue weighted by molar-refractivity contribution is 9.09. The van der Waals surface area contributed by atoms with Crippen molar-refractivity contribution >= 4 is 21.8 Å². The summed E-state index contributed by atoms with van der Waals surface area (Å²) in [5.41, 5.74) is 1.11. The molecule has 0 spiro atoms. The number of amides is 1. The van der Waals surface area contributed by atoms with Crippen molar-refractivity contribution in [2.45, 2.75) is 43.7 Å². The molecule has 1 aromatic carbocycles. The number of carbonyl (C=O) groups excluding carboxylic acids is 1. The normalized spacial score (nSPS) is 20.7. The molecular formula is C14H18BrNO2. The largest absolute Gasteiger partial charge is 0.480 e. The quantitative estimate of drug-likeness (QED) is 0.868. The molecule has 1 N–H and O–H groups in total. The molecule has 1 aromatic rings. The van der Waals surface area contributed by atoms with Gasteiger partial charge in [-0.05, 0) is 25.0 Å². The minimum atomic E-state index is -0.379. The molecule has 0 aromatic heterocycles. The minimum Gasteiger partial charge on any atom is -0.480 e. The Hall–Kier alpha value is -1.03. The van der Waals surface area contributed by atoms with Crippen LogP contribution in [0.4, 0.5) is 0 Å².